The van der Waals surface area contributed by atoms with Crippen LogP contribution in [0, 0.1) is 0 Å². The van der Waals surface area contributed by atoms with Gasteiger partial charge in [-0.15, -0.1) is 0 Å². The molecule has 0 unspecified atom stereocenters. The number of nitrogens with one attached hydrogen (secondary N) is 2. The standard InChI is InChI=1S/C12H26N4O2/c1-17-9-4-7-14-12(16-13)15-8-10-18-11-5-2-3-6-11/h11H,2-10,13H2,1H3,(H2,14,15,16). The zero-order chi connectivity index (χ0) is 13.1. The Labute approximate surface area is 109 Å². The summed E-state index contributed by atoms with van der Waals surface area (Å²) < 4.78 is 10.7. The smallest absolute Gasteiger partial charge is 0.205 e. The van der Waals surface area contributed by atoms with Crippen molar-refractivity contribution in [3.63, 3.8) is 0 Å². The fourth-order valence-electron chi connectivity index (χ4n) is 2.00. The Hall–Kier alpha value is -0.850. The average Bonchev–Trinajstić information content (AvgIpc) is 2.90. The van der Waals surface area contributed by atoms with Gasteiger partial charge in [0.05, 0.1) is 12.7 Å². The van der Waals surface area contributed by atoms with Crippen LogP contribution in [-0.4, -0.2) is 45.5 Å². The lowest BCUT2D eigenvalue weighted by atomic mass is 10.3. The number of hydrogen-bond acceptors (Lipinski definition) is 4. The highest BCUT2D eigenvalue weighted by atomic mass is 16.5. The van der Waals surface area contributed by atoms with Crippen LogP contribution in [0.2, 0.25) is 0 Å². The number of nitrogens with two attached hydrogens (primary N) is 1. The lowest BCUT2D eigenvalue weighted by Crippen LogP contribution is -2.43. The van der Waals surface area contributed by atoms with E-state index in [1.807, 2.05) is 0 Å². The number of methoxy groups -OCH3 is 1. The summed E-state index contributed by atoms with van der Waals surface area (Å²) in [4.78, 5) is 4.28. The van der Waals surface area contributed by atoms with E-state index in [4.69, 9.17) is 15.3 Å². The second-order valence-corrected chi connectivity index (χ2v) is 4.43. The van der Waals surface area contributed by atoms with Crippen molar-refractivity contribution in [3.8, 4) is 0 Å². The van der Waals surface area contributed by atoms with Crippen LogP contribution in [0.1, 0.15) is 32.1 Å². The number of guanidine groups is 1. The van der Waals surface area contributed by atoms with Crippen molar-refractivity contribution < 1.29 is 9.47 Å². The molecule has 0 radical (unpaired) electrons. The average molecular weight is 258 g/mol. The summed E-state index contributed by atoms with van der Waals surface area (Å²) in [6, 6.07) is 0. The highest BCUT2D eigenvalue weighted by molar-refractivity contribution is 5.79. The summed E-state index contributed by atoms with van der Waals surface area (Å²) in [6.07, 6.45) is 6.35. The predicted molar refractivity (Wildman–Crippen MR) is 72.3 cm³/mol. The van der Waals surface area contributed by atoms with Gasteiger partial charge in [-0.2, -0.15) is 0 Å². The van der Waals surface area contributed by atoms with Crippen molar-refractivity contribution in [2.24, 2.45) is 10.8 Å². The van der Waals surface area contributed by atoms with Crippen LogP contribution in [0.15, 0.2) is 4.99 Å². The number of ether oxygens (including phenoxy) is 2. The minimum Gasteiger partial charge on any atom is -0.385 e. The summed E-state index contributed by atoms with van der Waals surface area (Å²) in [5.41, 5.74) is 2.55. The molecule has 0 aromatic rings. The first kappa shape index (κ1) is 15.2. The van der Waals surface area contributed by atoms with Crippen molar-refractivity contribution in [1.29, 1.82) is 0 Å². The second-order valence-electron chi connectivity index (χ2n) is 4.43. The summed E-state index contributed by atoms with van der Waals surface area (Å²) in [5.74, 6) is 5.99. The molecule has 0 atom stereocenters. The fraction of sp³-hybridized carbons (Fsp3) is 0.917. The molecule has 1 rings (SSSR count). The van der Waals surface area contributed by atoms with Crippen LogP contribution in [0.3, 0.4) is 0 Å². The van der Waals surface area contributed by atoms with Gasteiger partial charge in [0.1, 0.15) is 0 Å². The summed E-state index contributed by atoms with van der Waals surface area (Å²) in [5, 5.41) is 3.12. The van der Waals surface area contributed by atoms with Crippen molar-refractivity contribution in [3.05, 3.63) is 0 Å². The van der Waals surface area contributed by atoms with E-state index in [1.54, 1.807) is 7.11 Å². The highest BCUT2D eigenvalue weighted by Gasteiger charge is 2.14. The first-order valence-corrected chi connectivity index (χ1v) is 6.72. The maximum Gasteiger partial charge on any atom is 0.205 e. The zero-order valence-corrected chi connectivity index (χ0v) is 11.3. The summed E-state index contributed by atoms with van der Waals surface area (Å²) >= 11 is 0. The number of nitrogens with zero attached hydrogens (tertiary/aromatic N) is 1. The highest BCUT2D eigenvalue weighted by Crippen LogP contribution is 2.20. The Bertz CT molecular complexity index is 230. The van der Waals surface area contributed by atoms with E-state index in [-0.39, 0.29) is 0 Å². The first-order chi connectivity index (χ1) is 8.86. The zero-order valence-electron chi connectivity index (χ0n) is 11.3. The SMILES string of the molecule is COCCCN=C(NN)NCCOC1CCCC1. The van der Waals surface area contributed by atoms with E-state index in [9.17, 15) is 0 Å². The number of aliphatic imine (C=N–C) groups is 1. The molecule has 0 aromatic carbocycles. The van der Waals surface area contributed by atoms with Crippen LogP contribution in [-0.2, 0) is 9.47 Å². The number of hydrazine groups is 1. The quantitative estimate of drug-likeness (QED) is 0.193. The molecule has 0 amide bonds. The molecule has 18 heavy (non-hydrogen) atoms. The molecule has 1 fully saturated rings. The van der Waals surface area contributed by atoms with Gasteiger partial charge in [-0.3, -0.25) is 10.4 Å². The predicted octanol–water partition coefficient (Wildman–Crippen LogP) is 0.391. The molecular weight excluding hydrogens is 232 g/mol. The van der Waals surface area contributed by atoms with Crippen LogP contribution in [0.25, 0.3) is 0 Å². The molecule has 0 aromatic heterocycles. The first-order valence-electron chi connectivity index (χ1n) is 6.72. The summed E-state index contributed by atoms with van der Waals surface area (Å²) in [7, 11) is 1.68. The maximum atomic E-state index is 5.73. The van der Waals surface area contributed by atoms with E-state index in [2.05, 4.69) is 15.7 Å². The van der Waals surface area contributed by atoms with E-state index < -0.39 is 0 Å². The van der Waals surface area contributed by atoms with Gasteiger partial charge in [-0.1, -0.05) is 12.8 Å². The third-order valence-electron chi connectivity index (χ3n) is 2.96. The molecular formula is C12H26N4O2. The van der Waals surface area contributed by atoms with Crippen molar-refractivity contribution >= 4 is 5.96 Å². The minimum atomic E-state index is 0.458. The molecule has 106 valence electrons. The van der Waals surface area contributed by atoms with Crippen LogP contribution in [0.4, 0.5) is 0 Å². The van der Waals surface area contributed by atoms with Crippen molar-refractivity contribution in [2.45, 2.75) is 38.2 Å². The van der Waals surface area contributed by atoms with E-state index in [0.29, 0.717) is 31.8 Å². The van der Waals surface area contributed by atoms with E-state index >= 15 is 0 Å². The molecule has 6 nitrogen and oxygen atoms in total. The lowest BCUT2D eigenvalue weighted by Gasteiger charge is -2.13. The van der Waals surface area contributed by atoms with Crippen molar-refractivity contribution in [2.75, 3.05) is 33.4 Å². The minimum absolute atomic E-state index is 0.458. The molecule has 1 aliphatic carbocycles. The van der Waals surface area contributed by atoms with E-state index in [0.717, 1.165) is 13.0 Å². The molecule has 6 heteroatoms. The molecule has 0 bridgehead atoms. The number of rotatable bonds is 8. The maximum absolute atomic E-state index is 5.73. The Balaban J connectivity index is 2.03. The van der Waals surface area contributed by atoms with E-state index in [1.165, 1.54) is 25.7 Å². The van der Waals surface area contributed by atoms with Crippen molar-refractivity contribution in [1.82, 2.24) is 10.7 Å². The van der Waals surface area contributed by atoms with Gasteiger partial charge in [-0.25, -0.2) is 5.84 Å². The molecule has 0 spiro atoms. The molecule has 0 heterocycles. The third-order valence-corrected chi connectivity index (χ3v) is 2.96. The van der Waals surface area contributed by atoms with Gasteiger partial charge in [0.15, 0.2) is 0 Å². The molecule has 0 saturated heterocycles. The Morgan fingerprint density at radius 3 is 2.78 bits per heavy atom. The Morgan fingerprint density at radius 1 is 1.33 bits per heavy atom. The number of hydrogen-bond donors (Lipinski definition) is 3. The molecule has 4 N–H and O–H groups in total. The van der Waals surface area contributed by atoms with Crippen LogP contribution in [0.5, 0.6) is 0 Å². The summed E-state index contributed by atoms with van der Waals surface area (Å²) in [6.45, 7) is 2.84. The van der Waals surface area contributed by atoms with Gasteiger partial charge < -0.3 is 14.8 Å². The lowest BCUT2D eigenvalue weighted by molar-refractivity contribution is 0.0622. The third kappa shape index (κ3) is 6.78. The van der Waals surface area contributed by atoms with Gasteiger partial charge in [0.2, 0.25) is 5.96 Å². The topological polar surface area (TPSA) is 80.9 Å². The molecule has 0 aliphatic heterocycles. The largest absolute Gasteiger partial charge is 0.385 e. The fourth-order valence-corrected chi connectivity index (χ4v) is 2.00. The molecule has 1 saturated carbocycles. The second kappa shape index (κ2) is 10.1. The normalized spacial score (nSPS) is 17.1. The Kier molecular flexibility index (Phi) is 8.54. The van der Waals surface area contributed by atoms with Gasteiger partial charge in [0, 0.05) is 26.8 Å². The van der Waals surface area contributed by atoms with Crippen LogP contribution >= 0.6 is 0 Å². The Morgan fingerprint density at radius 2 is 2.11 bits per heavy atom. The van der Waals surface area contributed by atoms with Crippen LogP contribution < -0.4 is 16.6 Å². The monoisotopic (exact) mass is 258 g/mol. The van der Waals surface area contributed by atoms with Gasteiger partial charge in [-0.05, 0) is 19.3 Å². The van der Waals surface area contributed by atoms with Gasteiger partial charge >= 0.3 is 0 Å². The van der Waals surface area contributed by atoms with Gasteiger partial charge in [0.25, 0.3) is 0 Å². The molecule has 1 aliphatic rings.